The van der Waals surface area contributed by atoms with E-state index in [9.17, 15) is 14.9 Å². The zero-order chi connectivity index (χ0) is 21.7. The lowest BCUT2D eigenvalue weighted by atomic mass is 10.1. The summed E-state index contributed by atoms with van der Waals surface area (Å²) in [6.45, 7) is 0. The maximum atomic E-state index is 12.5. The first kappa shape index (κ1) is 21.2. The quantitative estimate of drug-likeness (QED) is 0.317. The minimum Gasteiger partial charge on any atom is -0.465 e. The standard InChI is InChI=1S/C22H14Cl2N2O4/c1-29-22(28)18-4-2-3-5-19(18)26-21(27)14(12-25)10-17-6-7-20(30-17)13-8-15(23)11-16(24)9-13/h2-11H,1H3,(H,26,27)/b14-10+. The first-order valence-corrected chi connectivity index (χ1v) is 9.33. The molecule has 0 fully saturated rings. The predicted octanol–water partition coefficient (Wildman–Crippen LogP) is 5.59. The molecule has 2 aromatic carbocycles. The number of benzene rings is 2. The summed E-state index contributed by atoms with van der Waals surface area (Å²) in [4.78, 5) is 24.4. The highest BCUT2D eigenvalue weighted by Gasteiger charge is 2.16. The number of furan rings is 1. The van der Waals surface area contributed by atoms with E-state index in [1.54, 1.807) is 42.5 Å². The van der Waals surface area contributed by atoms with Crippen LogP contribution in [0.1, 0.15) is 16.1 Å². The fourth-order valence-corrected chi connectivity index (χ4v) is 3.17. The largest absolute Gasteiger partial charge is 0.465 e. The number of halogens is 2. The van der Waals surface area contributed by atoms with E-state index >= 15 is 0 Å². The first-order chi connectivity index (χ1) is 14.4. The van der Waals surface area contributed by atoms with Crippen molar-refractivity contribution >= 4 is 46.8 Å². The maximum Gasteiger partial charge on any atom is 0.339 e. The van der Waals surface area contributed by atoms with Crippen LogP contribution in [0, 0.1) is 11.3 Å². The van der Waals surface area contributed by atoms with Gasteiger partial charge in [-0.3, -0.25) is 4.79 Å². The Bertz CT molecular complexity index is 1170. The second kappa shape index (κ2) is 9.31. The molecule has 0 radical (unpaired) electrons. The SMILES string of the molecule is COC(=O)c1ccccc1NC(=O)/C(C#N)=C/c1ccc(-c2cc(Cl)cc(Cl)c2)o1. The van der Waals surface area contributed by atoms with Crippen molar-refractivity contribution in [3.63, 3.8) is 0 Å². The van der Waals surface area contributed by atoms with Crippen molar-refractivity contribution in [2.24, 2.45) is 0 Å². The highest BCUT2D eigenvalue weighted by molar-refractivity contribution is 6.35. The molecular formula is C22H14Cl2N2O4. The number of anilines is 1. The van der Waals surface area contributed by atoms with E-state index in [0.29, 0.717) is 21.4 Å². The third-order valence-corrected chi connectivity index (χ3v) is 4.44. The topological polar surface area (TPSA) is 92.3 Å². The Morgan fingerprint density at radius 2 is 1.80 bits per heavy atom. The van der Waals surface area contributed by atoms with E-state index in [0.717, 1.165) is 0 Å². The number of rotatable bonds is 5. The molecule has 0 saturated heterocycles. The van der Waals surface area contributed by atoms with Crippen LogP contribution in [0.15, 0.2) is 64.6 Å². The van der Waals surface area contributed by atoms with Gasteiger partial charge in [0.2, 0.25) is 0 Å². The molecule has 0 saturated carbocycles. The van der Waals surface area contributed by atoms with Crippen molar-refractivity contribution in [1.82, 2.24) is 0 Å². The summed E-state index contributed by atoms with van der Waals surface area (Å²) in [7, 11) is 1.24. The van der Waals surface area contributed by atoms with Crippen LogP contribution >= 0.6 is 23.2 Å². The van der Waals surface area contributed by atoms with Gasteiger partial charge in [0.25, 0.3) is 5.91 Å². The van der Waals surface area contributed by atoms with Crippen molar-refractivity contribution < 1.29 is 18.7 Å². The van der Waals surface area contributed by atoms with E-state index in [1.165, 1.54) is 25.3 Å². The van der Waals surface area contributed by atoms with Crippen LogP contribution in [0.4, 0.5) is 5.69 Å². The van der Waals surface area contributed by atoms with Crippen LogP contribution in [0.25, 0.3) is 17.4 Å². The van der Waals surface area contributed by atoms with Crippen molar-refractivity contribution in [2.45, 2.75) is 0 Å². The van der Waals surface area contributed by atoms with Gasteiger partial charge in [-0.1, -0.05) is 35.3 Å². The molecule has 0 unspecified atom stereocenters. The number of nitrogens with one attached hydrogen (secondary N) is 1. The van der Waals surface area contributed by atoms with E-state index in [4.69, 9.17) is 32.4 Å². The Balaban J connectivity index is 1.85. The van der Waals surface area contributed by atoms with Crippen LogP contribution in [-0.2, 0) is 9.53 Å². The third-order valence-electron chi connectivity index (χ3n) is 4.01. The number of methoxy groups -OCH3 is 1. The first-order valence-electron chi connectivity index (χ1n) is 8.58. The van der Waals surface area contributed by atoms with Gasteiger partial charge in [-0.15, -0.1) is 0 Å². The molecule has 0 aliphatic carbocycles. The van der Waals surface area contributed by atoms with Crippen LogP contribution in [0.5, 0.6) is 0 Å². The van der Waals surface area contributed by atoms with Gasteiger partial charge in [0.15, 0.2) is 0 Å². The highest BCUT2D eigenvalue weighted by Crippen LogP contribution is 2.29. The number of amides is 1. The molecule has 0 bridgehead atoms. The molecule has 30 heavy (non-hydrogen) atoms. The fraction of sp³-hybridized carbons (Fsp3) is 0.0455. The van der Waals surface area contributed by atoms with Gasteiger partial charge >= 0.3 is 5.97 Å². The average Bonchev–Trinajstić information content (AvgIpc) is 3.20. The number of hydrogen-bond donors (Lipinski definition) is 1. The zero-order valence-corrected chi connectivity index (χ0v) is 17.1. The minimum absolute atomic E-state index is 0.170. The van der Waals surface area contributed by atoms with Gasteiger partial charge in [0, 0.05) is 21.7 Å². The van der Waals surface area contributed by atoms with Gasteiger partial charge in [-0.2, -0.15) is 5.26 Å². The summed E-state index contributed by atoms with van der Waals surface area (Å²) in [5.74, 6) is -0.546. The van der Waals surface area contributed by atoms with Crippen LogP contribution in [0.3, 0.4) is 0 Å². The Labute approximate surface area is 182 Å². The smallest absolute Gasteiger partial charge is 0.339 e. The van der Waals surface area contributed by atoms with Crippen LogP contribution in [0.2, 0.25) is 10.0 Å². The molecule has 3 aromatic rings. The number of carbonyl (C=O) groups excluding carboxylic acids is 2. The summed E-state index contributed by atoms with van der Waals surface area (Å²) in [6, 6.07) is 16.4. The minimum atomic E-state index is -0.697. The number of para-hydroxylation sites is 1. The van der Waals surface area contributed by atoms with Crippen molar-refractivity contribution in [1.29, 1.82) is 5.26 Å². The van der Waals surface area contributed by atoms with Crippen molar-refractivity contribution in [3.8, 4) is 17.4 Å². The van der Waals surface area contributed by atoms with Gasteiger partial charge < -0.3 is 14.5 Å². The number of carbonyl (C=O) groups is 2. The molecule has 1 heterocycles. The molecule has 8 heteroatoms. The number of ether oxygens (including phenoxy) is 1. The van der Waals surface area contributed by atoms with Crippen LogP contribution in [-0.4, -0.2) is 19.0 Å². The van der Waals surface area contributed by atoms with E-state index in [1.807, 2.05) is 6.07 Å². The number of esters is 1. The highest BCUT2D eigenvalue weighted by atomic mass is 35.5. The lowest BCUT2D eigenvalue weighted by Crippen LogP contribution is -2.16. The fourth-order valence-electron chi connectivity index (χ4n) is 2.64. The molecule has 0 atom stereocenters. The van der Waals surface area contributed by atoms with Gasteiger partial charge in [-0.25, -0.2) is 4.79 Å². The van der Waals surface area contributed by atoms with Gasteiger partial charge in [-0.05, 0) is 42.5 Å². The monoisotopic (exact) mass is 440 g/mol. The molecule has 1 amide bonds. The summed E-state index contributed by atoms with van der Waals surface area (Å²) < 4.78 is 10.4. The second-order valence-corrected chi connectivity index (χ2v) is 6.89. The van der Waals surface area contributed by atoms with Crippen molar-refractivity contribution in [3.05, 3.63) is 81.5 Å². The molecule has 0 aliphatic heterocycles. The zero-order valence-electron chi connectivity index (χ0n) is 15.6. The van der Waals surface area contributed by atoms with E-state index < -0.39 is 11.9 Å². The number of nitriles is 1. The maximum absolute atomic E-state index is 12.5. The predicted molar refractivity (Wildman–Crippen MR) is 114 cm³/mol. The normalized spacial score (nSPS) is 10.9. The second-order valence-electron chi connectivity index (χ2n) is 6.02. The molecule has 6 nitrogen and oxygen atoms in total. The van der Waals surface area contributed by atoms with E-state index in [2.05, 4.69) is 5.32 Å². The summed E-state index contributed by atoms with van der Waals surface area (Å²) >= 11 is 12.0. The summed E-state index contributed by atoms with van der Waals surface area (Å²) in [6.07, 6.45) is 1.30. The molecule has 150 valence electrons. The van der Waals surface area contributed by atoms with E-state index in [-0.39, 0.29) is 22.6 Å². The van der Waals surface area contributed by atoms with Crippen LogP contribution < -0.4 is 5.32 Å². The molecule has 0 aliphatic rings. The average molecular weight is 441 g/mol. The molecular weight excluding hydrogens is 427 g/mol. The lowest BCUT2D eigenvalue weighted by molar-refractivity contribution is -0.112. The van der Waals surface area contributed by atoms with Crippen molar-refractivity contribution in [2.75, 3.05) is 12.4 Å². The lowest BCUT2D eigenvalue weighted by Gasteiger charge is -2.08. The molecule has 0 spiro atoms. The van der Waals surface area contributed by atoms with Gasteiger partial charge in [0.1, 0.15) is 23.2 Å². The Hall–Kier alpha value is -3.53. The molecule has 1 N–H and O–H groups in total. The molecule has 1 aromatic heterocycles. The summed E-state index contributed by atoms with van der Waals surface area (Å²) in [5, 5.41) is 12.9. The number of nitrogens with zero attached hydrogens (tertiary/aromatic N) is 1. The third kappa shape index (κ3) is 4.90. The molecule has 3 rings (SSSR count). The number of hydrogen-bond acceptors (Lipinski definition) is 5. The summed E-state index contributed by atoms with van der Waals surface area (Å²) in [5.41, 5.74) is 0.842. The Kier molecular flexibility index (Phi) is 6.58. The van der Waals surface area contributed by atoms with Gasteiger partial charge in [0.05, 0.1) is 18.4 Å². The Morgan fingerprint density at radius 1 is 1.10 bits per heavy atom. The Morgan fingerprint density at radius 3 is 2.47 bits per heavy atom.